The summed E-state index contributed by atoms with van der Waals surface area (Å²) >= 11 is 12.6. The maximum atomic E-state index is 13.4. The molecule has 1 fully saturated rings. The predicted molar refractivity (Wildman–Crippen MR) is 190 cm³/mol. The average Bonchev–Trinajstić information content (AvgIpc) is 3.10. The Kier molecular flexibility index (Phi) is 11.3. The maximum Gasteiger partial charge on any atom is 0.416 e. The summed E-state index contributed by atoms with van der Waals surface area (Å²) in [4.78, 5) is 24.7. The summed E-state index contributed by atoms with van der Waals surface area (Å²) in [5.74, 6) is 1.21. The molecule has 2 heterocycles. The second kappa shape index (κ2) is 16.2. The molecule has 9 heteroatoms. The third-order valence-electron chi connectivity index (χ3n) is 8.59. The molecule has 47 heavy (non-hydrogen) atoms. The van der Waals surface area contributed by atoms with Gasteiger partial charge in [-0.25, -0.2) is 9.79 Å². The first-order valence-corrected chi connectivity index (χ1v) is 17.1. The van der Waals surface area contributed by atoms with Gasteiger partial charge in [0.25, 0.3) is 0 Å². The minimum Gasteiger partial charge on any atom is -0.494 e. The lowest BCUT2D eigenvalue weighted by molar-refractivity contribution is 0.141. The van der Waals surface area contributed by atoms with E-state index in [0.717, 1.165) is 85.8 Å². The van der Waals surface area contributed by atoms with E-state index >= 15 is 0 Å². The molecule has 0 aromatic heterocycles. The largest absolute Gasteiger partial charge is 0.494 e. The van der Waals surface area contributed by atoms with Crippen LogP contribution in [-0.2, 0) is 24.2 Å². The zero-order valence-corrected chi connectivity index (χ0v) is 28.0. The molecule has 0 saturated carbocycles. The third-order valence-corrected chi connectivity index (χ3v) is 9.40. The Morgan fingerprint density at radius 2 is 1.49 bits per heavy atom. The number of aliphatic imine (C=N–C) groups is 1. The molecule has 0 aliphatic carbocycles. The normalized spacial score (nSPS) is 14.7. The first kappa shape index (κ1) is 32.9. The Bertz CT molecular complexity index is 1620. The van der Waals surface area contributed by atoms with Gasteiger partial charge in [-0.3, -0.25) is 9.80 Å². The molecule has 0 N–H and O–H groups in total. The van der Waals surface area contributed by atoms with Crippen molar-refractivity contribution in [3.8, 4) is 5.75 Å². The number of aryl methyl sites for hydroxylation is 1. The van der Waals surface area contributed by atoms with Gasteiger partial charge in [0.1, 0.15) is 5.75 Å². The number of amides is 1. The van der Waals surface area contributed by atoms with Gasteiger partial charge in [0.2, 0.25) is 5.90 Å². The van der Waals surface area contributed by atoms with E-state index in [1.54, 1.807) is 4.90 Å². The van der Waals surface area contributed by atoms with Crippen molar-refractivity contribution in [3.05, 3.63) is 124 Å². The molecule has 1 saturated heterocycles. The Balaban J connectivity index is 0.975. The monoisotopic (exact) mass is 670 g/mol. The second-order valence-electron chi connectivity index (χ2n) is 11.9. The van der Waals surface area contributed by atoms with Crippen LogP contribution in [0.5, 0.6) is 5.75 Å². The Morgan fingerprint density at radius 3 is 2.19 bits per heavy atom. The van der Waals surface area contributed by atoms with Crippen molar-refractivity contribution in [1.82, 2.24) is 9.80 Å². The topological polar surface area (TPSA) is 57.6 Å². The van der Waals surface area contributed by atoms with Crippen LogP contribution < -0.4 is 9.64 Å². The van der Waals surface area contributed by atoms with Gasteiger partial charge in [-0.1, -0.05) is 96.0 Å². The van der Waals surface area contributed by atoms with Crippen molar-refractivity contribution in [2.45, 2.75) is 38.8 Å². The van der Waals surface area contributed by atoms with Crippen molar-refractivity contribution in [1.29, 1.82) is 0 Å². The number of anilines is 1. The van der Waals surface area contributed by atoms with Crippen LogP contribution in [-0.4, -0.2) is 61.1 Å². The minimum absolute atomic E-state index is 0.401. The van der Waals surface area contributed by atoms with Gasteiger partial charge >= 0.3 is 6.09 Å². The molecular weight excluding hydrogens is 631 g/mol. The Morgan fingerprint density at radius 1 is 0.787 bits per heavy atom. The highest BCUT2D eigenvalue weighted by molar-refractivity contribution is 6.43. The lowest BCUT2D eigenvalue weighted by Crippen LogP contribution is -2.46. The molecule has 0 unspecified atom stereocenters. The zero-order chi connectivity index (χ0) is 32.4. The molecule has 2 aliphatic heterocycles. The van der Waals surface area contributed by atoms with E-state index in [4.69, 9.17) is 37.7 Å². The van der Waals surface area contributed by atoms with E-state index < -0.39 is 6.09 Å². The smallest absolute Gasteiger partial charge is 0.416 e. The summed E-state index contributed by atoms with van der Waals surface area (Å²) in [5, 5.41) is 1.23. The quantitative estimate of drug-likeness (QED) is 0.149. The van der Waals surface area contributed by atoms with E-state index in [9.17, 15) is 4.79 Å². The highest BCUT2D eigenvalue weighted by Gasteiger charge is 2.22. The minimum atomic E-state index is -0.401. The van der Waals surface area contributed by atoms with Crippen LogP contribution in [0.4, 0.5) is 16.2 Å². The molecule has 1 amide bonds. The van der Waals surface area contributed by atoms with E-state index in [1.165, 1.54) is 0 Å². The number of rotatable bonds is 11. The molecule has 2 aliphatic rings. The van der Waals surface area contributed by atoms with Gasteiger partial charge in [0.15, 0.2) is 0 Å². The third kappa shape index (κ3) is 9.07. The number of nitrogens with zero attached hydrogens (tertiary/aromatic N) is 4. The lowest BCUT2D eigenvalue weighted by Gasteiger charge is -2.36. The number of hydrogen-bond donors (Lipinski definition) is 0. The molecule has 0 radical (unpaired) electrons. The number of unbranched alkanes of at least 4 members (excludes halogenated alkanes) is 1. The van der Waals surface area contributed by atoms with E-state index in [0.29, 0.717) is 42.1 Å². The SMILES string of the molecule is O=C(OC1=Nc2cc(OCCCCN3CCN(c4cccc(Cl)c4Cl)CC3)ccc2CC1)N(Cc1ccccc1)Cc1ccccc1. The van der Waals surface area contributed by atoms with Gasteiger partial charge < -0.3 is 14.4 Å². The summed E-state index contributed by atoms with van der Waals surface area (Å²) in [5.41, 5.74) is 5.02. The highest BCUT2D eigenvalue weighted by atomic mass is 35.5. The number of piperazine rings is 1. The molecule has 6 rings (SSSR count). The zero-order valence-electron chi connectivity index (χ0n) is 26.5. The summed E-state index contributed by atoms with van der Waals surface area (Å²) in [6.07, 6.45) is 2.95. The van der Waals surface area contributed by atoms with E-state index in [2.05, 4.69) is 15.9 Å². The highest BCUT2D eigenvalue weighted by Crippen LogP contribution is 2.33. The van der Waals surface area contributed by atoms with Gasteiger partial charge in [0.05, 0.1) is 28.0 Å². The number of carbonyl (C=O) groups excluding carboxylic acids is 1. The number of ether oxygens (including phenoxy) is 2. The summed E-state index contributed by atoms with van der Waals surface area (Å²) in [7, 11) is 0. The number of fused-ring (bicyclic) bond motifs is 1. The fourth-order valence-corrected chi connectivity index (χ4v) is 6.40. The van der Waals surface area contributed by atoms with Crippen LogP contribution >= 0.6 is 23.2 Å². The molecule has 244 valence electrons. The number of halogens is 2. The van der Waals surface area contributed by atoms with Crippen molar-refractivity contribution < 1.29 is 14.3 Å². The number of benzene rings is 4. The van der Waals surface area contributed by atoms with Crippen LogP contribution in [0.15, 0.2) is 102 Å². The Labute approximate surface area is 287 Å². The maximum absolute atomic E-state index is 13.4. The molecule has 0 spiro atoms. The summed E-state index contributed by atoms with van der Waals surface area (Å²) in [6, 6.07) is 31.8. The van der Waals surface area contributed by atoms with Crippen LogP contribution in [0.3, 0.4) is 0 Å². The first-order chi connectivity index (χ1) is 23.0. The van der Waals surface area contributed by atoms with Crippen LogP contribution in [0.25, 0.3) is 0 Å². The predicted octanol–water partition coefficient (Wildman–Crippen LogP) is 8.79. The van der Waals surface area contributed by atoms with Gasteiger partial charge in [-0.05, 0) is 60.7 Å². The average molecular weight is 672 g/mol. The van der Waals surface area contributed by atoms with Crippen molar-refractivity contribution >= 4 is 46.6 Å². The fourth-order valence-electron chi connectivity index (χ4n) is 5.99. The summed E-state index contributed by atoms with van der Waals surface area (Å²) < 4.78 is 12.0. The number of hydrogen-bond acceptors (Lipinski definition) is 6. The van der Waals surface area contributed by atoms with Crippen molar-refractivity contribution in [3.63, 3.8) is 0 Å². The molecular formula is C38H40Cl2N4O3. The fraction of sp³-hybridized carbons (Fsp3) is 0.316. The van der Waals surface area contributed by atoms with Gasteiger partial charge in [0, 0.05) is 51.8 Å². The molecule has 4 aromatic rings. The van der Waals surface area contributed by atoms with Crippen molar-refractivity contribution in [2.75, 3.05) is 44.2 Å². The molecule has 0 atom stereocenters. The van der Waals surface area contributed by atoms with Crippen molar-refractivity contribution in [2.24, 2.45) is 4.99 Å². The van der Waals surface area contributed by atoms with Gasteiger partial charge in [-0.2, -0.15) is 0 Å². The summed E-state index contributed by atoms with van der Waals surface area (Å²) in [6.45, 7) is 6.43. The van der Waals surface area contributed by atoms with E-state index in [-0.39, 0.29) is 0 Å². The first-order valence-electron chi connectivity index (χ1n) is 16.3. The second-order valence-corrected chi connectivity index (χ2v) is 12.7. The van der Waals surface area contributed by atoms with Gasteiger partial charge in [-0.15, -0.1) is 0 Å². The molecule has 4 aromatic carbocycles. The number of carbonyl (C=O) groups is 1. The standard InChI is InChI=1S/C38H40Cl2N4O3/c39-33-14-9-15-35(37(33)40)43-23-21-42(22-24-43)20-7-8-25-46-32-18-16-31-17-19-36(41-34(31)26-32)47-38(45)44(27-29-10-3-1-4-11-29)28-30-12-5-2-6-13-30/h1-6,9-16,18,26H,7-8,17,19-25,27-28H2. The van der Waals surface area contributed by atoms with E-state index in [1.807, 2.05) is 91.0 Å². The van der Waals surface area contributed by atoms with Crippen LogP contribution in [0.1, 0.15) is 36.0 Å². The van der Waals surface area contributed by atoms with Crippen LogP contribution in [0.2, 0.25) is 10.0 Å². The molecule has 0 bridgehead atoms. The lowest BCUT2D eigenvalue weighted by atomic mass is 10.0. The van der Waals surface area contributed by atoms with Crippen LogP contribution in [0, 0.1) is 0 Å². The molecule has 7 nitrogen and oxygen atoms in total. The Hall–Kier alpha value is -4.04.